The van der Waals surface area contributed by atoms with Gasteiger partial charge in [0.25, 0.3) is 0 Å². The largest absolute Gasteiger partial charge is 0.497 e. The van der Waals surface area contributed by atoms with Gasteiger partial charge in [0.1, 0.15) is 5.75 Å². The molecule has 124 valence electrons. The van der Waals surface area contributed by atoms with Crippen LogP contribution >= 0.6 is 0 Å². The highest BCUT2D eigenvalue weighted by Gasteiger charge is 2.48. The van der Waals surface area contributed by atoms with Crippen molar-refractivity contribution in [1.29, 1.82) is 0 Å². The Hall–Kier alpha value is -2.82. The highest BCUT2D eigenvalue weighted by atomic mass is 16.5. The number of nitrogens with zero attached hydrogens (tertiary/aromatic N) is 1. The van der Waals surface area contributed by atoms with E-state index < -0.39 is 5.97 Å². The number of β-lactam (4-membered cyclic amide) rings is 1. The first-order chi connectivity index (χ1) is 11.6. The number of carbonyl (C=O) groups is 2. The molecular weight excluding hydrogens is 306 g/mol. The van der Waals surface area contributed by atoms with Crippen LogP contribution in [0.1, 0.15) is 24.4 Å². The van der Waals surface area contributed by atoms with E-state index in [1.807, 2.05) is 54.6 Å². The van der Waals surface area contributed by atoms with Crippen molar-refractivity contribution in [2.75, 3.05) is 12.0 Å². The number of hydrogen-bond donors (Lipinski definition) is 1. The number of anilines is 1. The van der Waals surface area contributed by atoms with E-state index in [9.17, 15) is 9.59 Å². The molecule has 2 aromatic carbocycles. The van der Waals surface area contributed by atoms with Gasteiger partial charge < -0.3 is 14.7 Å². The van der Waals surface area contributed by atoms with E-state index >= 15 is 0 Å². The molecule has 1 heterocycles. The number of rotatable bonds is 6. The minimum Gasteiger partial charge on any atom is -0.497 e. The molecular formula is C19H19NO4. The second-order valence-electron chi connectivity index (χ2n) is 5.80. The molecule has 0 aromatic heterocycles. The number of methoxy groups -OCH3 is 1. The highest BCUT2D eigenvalue weighted by molar-refractivity contribution is 6.03. The number of amides is 1. The van der Waals surface area contributed by atoms with E-state index in [1.54, 1.807) is 12.0 Å². The van der Waals surface area contributed by atoms with Crippen molar-refractivity contribution >= 4 is 17.6 Å². The lowest BCUT2D eigenvalue weighted by Gasteiger charge is -2.47. The Labute approximate surface area is 140 Å². The first kappa shape index (κ1) is 16.1. The van der Waals surface area contributed by atoms with Gasteiger partial charge in [0, 0.05) is 12.1 Å². The molecule has 24 heavy (non-hydrogen) atoms. The maximum atomic E-state index is 12.6. The number of hydrogen-bond acceptors (Lipinski definition) is 3. The first-order valence-corrected chi connectivity index (χ1v) is 7.85. The molecule has 0 unspecified atom stereocenters. The van der Waals surface area contributed by atoms with Crippen molar-refractivity contribution in [2.24, 2.45) is 5.92 Å². The van der Waals surface area contributed by atoms with Crippen LogP contribution in [0.4, 0.5) is 5.69 Å². The lowest BCUT2D eigenvalue weighted by Crippen LogP contribution is -2.55. The van der Waals surface area contributed by atoms with Crippen LogP contribution in [-0.2, 0) is 9.59 Å². The van der Waals surface area contributed by atoms with Crippen molar-refractivity contribution in [3.8, 4) is 5.75 Å². The smallest absolute Gasteiger partial charge is 0.303 e. The SMILES string of the molecule is COc1ccc([C@@H]2[C@@H](CCC(=O)O)C(=O)N2c2ccccc2)cc1. The second kappa shape index (κ2) is 6.74. The second-order valence-corrected chi connectivity index (χ2v) is 5.80. The number of carbonyl (C=O) groups excluding carboxylic acids is 1. The van der Waals surface area contributed by atoms with Gasteiger partial charge in [-0.1, -0.05) is 30.3 Å². The molecule has 2 atom stereocenters. The summed E-state index contributed by atoms with van der Waals surface area (Å²) < 4.78 is 5.18. The van der Waals surface area contributed by atoms with Gasteiger partial charge in [-0.15, -0.1) is 0 Å². The van der Waals surface area contributed by atoms with E-state index in [1.165, 1.54) is 0 Å². The number of para-hydroxylation sites is 1. The molecule has 5 heteroatoms. The zero-order valence-electron chi connectivity index (χ0n) is 13.4. The van der Waals surface area contributed by atoms with Crippen LogP contribution in [0.2, 0.25) is 0 Å². The summed E-state index contributed by atoms with van der Waals surface area (Å²) in [6.45, 7) is 0. The summed E-state index contributed by atoms with van der Waals surface area (Å²) in [5.41, 5.74) is 1.81. The molecule has 1 aliphatic heterocycles. The molecule has 1 aliphatic rings. The Kier molecular flexibility index (Phi) is 4.51. The van der Waals surface area contributed by atoms with Crippen molar-refractivity contribution in [3.63, 3.8) is 0 Å². The molecule has 0 radical (unpaired) electrons. The topological polar surface area (TPSA) is 66.8 Å². The van der Waals surface area contributed by atoms with Crippen molar-refractivity contribution in [3.05, 3.63) is 60.2 Å². The van der Waals surface area contributed by atoms with E-state index in [-0.39, 0.29) is 24.3 Å². The number of aliphatic carboxylic acids is 1. The summed E-state index contributed by atoms with van der Waals surface area (Å²) in [7, 11) is 1.60. The van der Waals surface area contributed by atoms with Gasteiger partial charge in [-0.25, -0.2) is 0 Å². The van der Waals surface area contributed by atoms with E-state index in [2.05, 4.69) is 0 Å². The van der Waals surface area contributed by atoms with E-state index in [4.69, 9.17) is 9.84 Å². The summed E-state index contributed by atoms with van der Waals surface area (Å²) in [6.07, 6.45) is 0.333. The zero-order valence-corrected chi connectivity index (χ0v) is 13.4. The number of ether oxygens (including phenoxy) is 1. The third kappa shape index (κ3) is 2.97. The Bertz CT molecular complexity index is 727. The molecule has 0 spiro atoms. The summed E-state index contributed by atoms with van der Waals surface area (Å²) in [6, 6.07) is 16.9. The van der Waals surface area contributed by atoms with Crippen LogP contribution in [0.25, 0.3) is 0 Å². The Balaban J connectivity index is 1.90. The molecule has 0 saturated carbocycles. The lowest BCUT2D eigenvalue weighted by molar-refractivity contribution is -0.138. The summed E-state index contributed by atoms with van der Waals surface area (Å²) in [5, 5.41) is 8.93. The Morgan fingerprint density at radius 3 is 2.38 bits per heavy atom. The lowest BCUT2D eigenvalue weighted by atomic mass is 9.79. The fraction of sp³-hybridized carbons (Fsp3) is 0.263. The predicted molar refractivity (Wildman–Crippen MR) is 90.0 cm³/mol. The van der Waals surface area contributed by atoms with Gasteiger partial charge >= 0.3 is 5.97 Å². The van der Waals surface area contributed by atoms with Crippen molar-refractivity contribution < 1.29 is 19.4 Å². The van der Waals surface area contributed by atoms with Gasteiger partial charge in [0.2, 0.25) is 5.91 Å². The standard InChI is InChI=1S/C19H19NO4/c1-24-15-9-7-13(8-10-15)18-16(11-12-17(21)22)19(23)20(18)14-5-3-2-4-6-14/h2-10,16,18H,11-12H2,1H3,(H,21,22)/t16-,18-/m1/s1. The first-order valence-electron chi connectivity index (χ1n) is 7.85. The number of carboxylic acid groups (broad SMARTS) is 1. The predicted octanol–water partition coefficient (Wildman–Crippen LogP) is 3.26. The molecule has 0 bridgehead atoms. The third-order valence-corrected chi connectivity index (χ3v) is 4.37. The Morgan fingerprint density at radius 1 is 1.12 bits per heavy atom. The minimum atomic E-state index is -0.880. The fourth-order valence-electron chi connectivity index (χ4n) is 3.17. The maximum Gasteiger partial charge on any atom is 0.303 e. The van der Waals surface area contributed by atoms with Crippen molar-refractivity contribution in [1.82, 2.24) is 0 Å². The average Bonchev–Trinajstić information content (AvgIpc) is 2.60. The van der Waals surface area contributed by atoms with Crippen LogP contribution in [0, 0.1) is 5.92 Å². The minimum absolute atomic E-state index is 0.00824. The number of carboxylic acids is 1. The van der Waals surface area contributed by atoms with Gasteiger partial charge in [0.15, 0.2) is 0 Å². The molecule has 5 nitrogen and oxygen atoms in total. The molecule has 1 N–H and O–H groups in total. The van der Waals surface area contributed by atoms with Crippen LogP contribution < -0.4 is 9.64 Å². The monoisotopic (exact) mass is 325 g/mol. The molecule has 0 aliphatic carbocycles. The summed E-state index contributed by atoms with van der Waals surface area (Å²) in [5.74, 6) is -0.467. The van der Waals surface area contributed by atoms with Crippen LogP contribution in [0.15, 0.2) is 54.6 Å². The normalized spacial score (nSPS) is 19.7. The highest BCUT2D eigenvalue weighted by Crippen LogP contribution is 2.45. The Morgan fingerprint density at radius 2 is 1.79 bits per heavy atom. The molecule has 1 saturated heterocycles. The fourth-order valence-corrected chi connectivity index (χ4v) is 3.17. The van der Waals surface area contributed by atoms with E-state index in [0.29, 0.717) is 6.42 Å². The summed E-state index contributed by atoms with van der Waals surface area (Å²) >= 11 is 0. The molecule has 3 rings (SSSR count). The van der Waals surface area contributed by atoms with Crippen LogP contribution in [-0.4, -0.2) is 24.1 Å². The zero-order chi connectivity index (χ0) is 17.1. The molecule has 1 fully saturated rings. The molecule has 2 aromatic rings. The average molecular weight is 325 g/mol. The van der Waals surface area contributed by atoms with Crippen LogP contribution in [0.3, 0.4) is 0 Å². The molecule has 1 amide bonds. The third-order valence-electron chi connectivity index (χ3n) is 4.37. The van der Waals surface area contributed by atoms with Gasteiger partial charge in [-0.05, 0) is 36.2 Å². The van der Waals surface area contributed by atoms with Gasteiger partial charge in [-0.3, -0.25) is 9.59 Å². The quantitative estimate of drug-likeness (QED) is 0.828. The van der Waals surface area contributed by atoms with Crippen LogP contribution in [0.5, 0.6) is 5.75 Å². The van der Waals surface area contributed by atoms with Gasteiger partial charge in [0.05, 0.1) is 19.1 Å². The number of benzene rings is 2. The van der Waals surface area contributed by atoms with Crippen molar-refractivity contribution in [2.45, 2.75) is 18.9 Å². The maximum absolute atomic E-state index is 12.6. The summed E-state index contributed by atoms with van der Waals surface area (Å²) in [4.78, 5) is 25.2. The van der Waals surface area contributed by atoms with E-state index in [0.717, 1.165) is 17.0 Å². The van der Waals surface area contributed by atoms with Gasteiger partial charge in [-0.2, -0.15) is 0 Å².